The number of nitrogens with two attached hydrogens (primary N) is 1. The van der Waals surface area contributed by atoms with Crippen LogP contribution in [0.2, 0.25) is 0 Å². The summed E-state index contributed by atoms with van der Waals surface area (Å²) in [5, 5.41) is 2.76. The van der Waals surface area contributed by atoms with Crippen molar-refractivity contribution < 1.29 is 9.53 Å². The summed E-state index contributed by atoms with van der Waals surface area (Å²) in [5.74, 6) is 0. The number of hydrogen-bond donors (Lipinski definition) is 2. The first-order valence-electron chi connectivity index (χ1n) is 3.46. The first-order chi connectivity index (χ1) is 4.77. The van der Waals surface area contributed by atoms with Crippen LogP contribution >= 0.6 is 0 Å². The Morgan fingerprint density at radius 3 is 2.90 bits per heavy atom. The lowest BCUT2D eigenvalue weighted by Gasteiger charge is -2.11. The lowest BCUT2D eigenvalue weighted by atomic mass is 10.1. The van der Waals surface area contributed by atoms with Gasteiger partial charge in [-0.1, -0.05) is 0 Å². The summed E-state index contributed by atoms with van der Waals surface area (Å²) in [6.07, 6.45) is 1.63. The number of carbonyl (C=O) groups excluding carboxylic acids is 1. The van der Waals surface area contributed by atoms with Crippen molar-refractivity contribution in [1.82, 2.24) is 5.32 Å². The monoisotopic (exact) mass is 142 g/mol. The Labute approximate surface area is 58.7 Å². The van der Waals surface area contributed by atoms with Gasteiger partial charge in [-0.25, -0.2) is 4.79 Å². The average molecular weight is 142 g/mol. The zero-order valence-electron chi connectivity index (χ0n) is 5.59. The van der Waals surface area contributed by atoms with E-state index in [-0.39, 0.29) is 17.7 Å². The molecule has 1 unspecified atom stereocenters. The Morgan fingerprint density at radius 1 is 1.80 bits per heavy atom. The summed E-state index contributed by atoms with van der Waals surface area (Å²) < 4.78 is 4.91. The van der Waals surface area contributed by atoms with Gasteiger partial charge in [0.1, 0.15) is 6.10 Å². The molecule has 2 rings (SSSR count). The van der Waals surface area contributed by atoms with E-state index >= 15 is 0 Å². The average Bonchev–Trinajstić information content (AvgIpc) is 2.55. The van der Waals surface area contributed by atoms with E-state index in [0.29, 0.717) is 6.54 Å². The molecule has 1 amide bonds. The Balaban J connectivity index is 2.13. The van der Waals surface area contributed by atoms with Crippen LogP contribution in [-0.4, -0.2) is 24.3 Å². The molecule has 3 N–H and O–H groups in total. The van der Waals surface area contributed by atoms with E-state index in [1.165, 1.54) is 0 Å². The van der Waals surface area contributed by atoms with Gasteiger partial charge in [-0.05, 0) is 12.8 Å². The molecule has 4 heteroatoms. The van der Waals surface area contributed by atoms with Gasteiger partial charge in [0.25, 0.3) is 0 Å². The summed E-state index contributed by atoms with van der Waals surface area (Å²) in [6, 6.07) is 0. The molecular formula is C6H10N2O2. The zero-order chi connectivity index (χ0) is 7.19. The first kappa shape index (κ1) is 5.97. The van der Waals surface area contributed by atoms with E-state index in [2.05, 4.69) is 5.32 Å². The minimum Gasteiger partial charge on any atom is -0.442 e. The van der Waals surface area contributed by atoms with Crippen LogP contribution in [0.4, 0.5) is 4.79 Å². The molecule has 10 heavy (non-hydrogen) atoms. The quantitative estimate of drug-likeness (QED) is 0.523. The van der Waals surface area contributed by atoms with Gasteiger partial charge >= 0.3 is 6.09 Å². The molecule has 0 aromatic heterocycles. The topological polar surface area (TPSA) is 64.3 Å². The lowest BCUT2D eigenvalue weighted by Crippen LogP contribution is -2.38. The maximum absolute atomic E-state index is 10.7. The first-order valence-corrected chi connectivity index (χ1v) is 3.46. The second-order valence-electron chi connectivity index (χ2n) is 2.91. The smallest absolute Gasteiger partial charge is 0.408 e. The van der Waals surface area contributed by atoms with E-state index in [1.54, 1.807) is 0 Å². The molecule has 1 heterocycles. The van der Waals surface area contributed by atoms with Crippen molar-refractivity contribution >= 4 is 6.09 Å². The fraction of sp³-hybridized carbons (Fsp3) is 0.833. The summed E-state index contributed by atoms with van der Waals surface area (Å²) in [6.45, 7) is 0.429. The third-order valence-electron chi connectivity index (χ3n) is 2.22. The number of rotatable bonds is 1. The largest absolute Gasteiger partial charge is 0.442 e. The molecule has 2 aliphatic rings. The fourth-order valence-corrected chi connectivity index (χ4v) is 1.41. The Hall–Kier alpha value is -0.770. The molecule has 1 aliphatic heterocycles. The van der Waals surface area contributed by atoms with E-state index < -0.39 is 0 Å². The van der Waals surface area contributed by atoms with Crippen molar-refractivity contribution in [2.75, 3.05) is 6.54 Å². The van der Waals surface area contributed by atoms with Gasteiger partial charge in [-0.2, -0.15) is 0 Å². The molecule has 1 saturated carbocycles. The molecular weight excluding hydrogens is 132 g/mol. The van der Waals surface area contributed by atoms with Crippen molar-refractivity contribution in [3.05, 3.63) is 0 Å². The highest BCUT2D eigenvalue weighted by molar-refractivity contribution is 5.72. The van der Waals surface area contributed by atoms with Crippen LogP contribution in [-0.2, 0) is 4.74 Å². The number of amides is 1. The normalized spacial score (nSPS) is 33.7. The highest BCUT2D eigenvalue weighted by atomic mass is 16.6. The van der Waals surface area contributed by atoms with Crippen LogP contribution in [0.5, 0.6) is 0 Å². The second-order valence-corrected chi connectivity index (χ2v) is 2.91. The molecule has 56 valence electrons. The minimum atomic E-state index is -0.312. The van der Waals surface area contributed by atoms with Crippen LogP contribution in [0, 0.1) is 0 Å². The van der Waals surface area contributed by atoms with Crippen LogP contribution < -0.4 is 11.1 Å². The molecule has 1 aliphatic carbocycles. The van der Waals surface area contributed by atoms with E-state index in [1.807, 2.05) is 0 Å². The maximum atomic E-state index is 10.7. The molecule has 2 fully saturated rings. The molecule has 0 bridgehead atoms. The van der Waals surface area contributed by atoms with Gasteiger partial charge in [0.2, 0.25) is 0 Å². The molecule has 0 aromatic rings. The number of alkyl carbamates (subject to hydrolysis) is 1. The Kier molecular flexibility index (Phi) is 0.976. The lowest BCUT2D eigenvalue weighted by molar-refractivity contribution is 0.133. The summed E-state index contributed by atoms with van der Waals surface area (Å²) in [7, 11) is 0. The van der Waals surface area contributed by atoms with Gasteiger partial charge in [-0.3, -0.25) is 0 Å². The molecule has 1 atom stereocenters. The van der Waals surface area contributed by atoms with E-state index in [9.17, 15) is 4.79 Å². The summed E-state index contributed by atoms with van der Waals surface area (Å²) in [4.78, 5) is 10.7. The van der Waals surface area contributed by atoms with E-state index in [4.69, 9.17) is 10.5 Å². The standard InChI is InChI=1S/C6H10N2O2/c7-3-4-6(1-2-6)8-5(9)10-4/h4H,1-3,7H2,(H,8,9). The highest BCUT2D eigenvalue weighted by Crippen LogP contribution is 2.42. The van der Waals surface area contributed by atoms with Crippen molar-refractivity contribution in [3.63, 3.8) is 0 Å². The van der Waals surface area contributed by atoms with Gasteiger partial charge in [0.05, 0.1) is 5.54 Å². The number of carbonyl (C=O) groups is 1. The van der Waals surface area contributed by atoms with Gasteiger partial charge < -0.3 is 15.8 Å². The van der Waals surface area contributed by atoms with Crippen LogP contribution in [0.3, 0.4) is 0 Å². The summed E-state index contributed by atoms with van der Waals surface area (Å²) in [5.41, 5.74) is 5.33. The third kappa shape index (κ3) is 0.623. The van der Waals surface area contributed by atoms with Crippen LogP contribution in [0.15, 0.2) is 0 Å². The molecule has 4 nitrogen and oxygen atoms in total. The number of hydrogen-bond acceptors (Lipinski definition) is 3. The van der Waals surface area contributed by atoms with Crippen LogP contribution in [0.1, 0.15) is 12.8 Å². The predicted octanol–water partition coefficient (Wildman–Crippen LogP) is -0.414. The highest BCUT2D eigenvalue weighted by Gasteiger charge is 2.56. The minimum absolute atomic E-state index is 0.0637. The van der Waals surface area contributed by atoms with Crippen molar-refractivity contribution in [2.45, 2.75) is 24.5 Å². The maximum Gasteiger partial charge on any atom is 0.408 e. The Bertz CT molecular complexity index is 177. The van der Waals surface area contributed by atoms with Gasteiger partial charge in [-0.15, -0.1) is 0 Å². The second kappa shape index (κ2) is 1.63. The fourth-order valence-electron chi connectivity index (χ4n) is 1.41. The van der Waals surface area contributed by atoms with Crippen LogP contribution in [0.25, 0.3) is 0 Å². The molecule has 1 spiro atoms. The van der Waals surface area contributed by atoms with Gasteiger partial charge in [0, 0.05) is 6.54 Å². The molecule has 1 saturated heterocycles. The summed E-state index contributed by atoms with van der Waals surface area (Å²) >= 11 is 0. The van der Waals surface area contributed by atoms with Crippen molar-refractivity contribution in [2.24, 2.45) is 5.73 Å². The number of ether oxygens (including phenoxy) is 1. The van der Waals surface area contributed by atoms with Gasteiger partial charge in [0.15, 0.2) is 0 Å². The zero-order valence-corrected chi connectivity index (χ0v) is 5.59. The van der Waals surface area contributed by atoms with Crippen molar-refractivity contribution in [3.8, 4) is 0 Å². The predicted molar refractivity (Wildman–Crippen MR) is 34.4 cm³/mol. The van der Waals surface area contributed by atoms with Crippen molar-refractivity contribution in [1.29, 1.82) is 0 Å². The Morgan fingerprint density at radius 2 is 2.50 bits per heavy atom. The third-order valence-corrected chi connectivity index (χ3v) is 2.22. The molecule has 0 radical (unpaired) electrons. The number of nitrogens with one attached hydrogen (secondary N) is 1. The number of cyclic esters (lactones) is 1. The SMILES string of the molecule is NCC1OC(=O)NC12CC2. The van der Waals surface area contributed by atoms with E-state index in [0.717, 1.165) is 12.8 Å². The molecule has 0 aromatic carbocycles.